The van der Waals surface area contributed by atoms with E-state index >= 15 is 0 Å². The summed E-state index contributed by atoms with van der Waals surface area (Å²) in [5.41, 5.74) is 1.05. The van der Waals surface area contributed by atoms with Crippen molar-refractivity contribution in [1.82, 2.24) is 15.5 Å². The number of halogens is 3. The quantitative estimate of drug-likeness (QED) is 0.812. The lowest BCUT2D eigenvalue weighted by molar-refractivity contribution is -0.184. The summed E-state index contributed by atoms with van der Waals surface area (Å²) in [5, 5.41) is 5.39. The Hall–Kier alpha value is -1.80. The van der Waals surface area contributed by atoms with E-state index in [0.29, 0.717) is 31.9 Å². The first-order valence-corrected chi connectivity index (χ1v) is 8.30. The molecule has 1 aliphatic rings. The molecule has 1 heterocycles. The molecule has 0 bridgehead atoms. The van der Waals surface area contributed by atoms with Gasteiger partial charge in [-0.3, -0.25) is 9.69 Å². The number of hydrogen-bond acceptors (Lipinski definition) is 4. The molecule has 2 atom stereocenters. The molecule has 2 unspecified atom stereocenters. The van der Waals surface area contributed by atoms with Crippen molar-refractivity contribution in [3.05, 3.63) is 29.8 Å². The highest BCUT2D eigenvalue weighted by atomic mass is 19.4. The van der Waals surface area contributed by atoms with Gasteiger partial charge in [0.05, 0.1) is 0 Å². The van der Waals surface area contributed by atoms with Gasteiger partial charge in [0.15, 0.2) is 6.10 Å². The van der Waals surface area contributed by atoms with Crippen LogP contribution in [-0.4, -0.2) is 61.9 Å². The Balaban J connectivity index is 1.89. The van der Waals surface area contributed by atoms with Crippen LogP contribution in [-0.2, 0) is 4.79 Å². The Bertz CT molecular complexity index is 557. The Labute approximate surface area is 145 Å². The number of piperazine rings is 1. The molecule has 1 fully saturated rings. The molecule has 25 heavy (non-hydrogen) atoms. The van der Waals surface area contributed by atoms with E-state index in [9.17, 15) is 18.0 Å². The summed E-state index contributed by atoms with van der Waals surface area (Å²) in [6, 6.07) is 5.43. The molecule has 2 N–H and O–H groups in total. The maximum Gasteiger partial charge on any atom is 0.405 e. The lowest BCUT2D eigenvalue weighted by Gasteiger charge is -2.36. The molecule has 5 nitrogen and oxygen atoms in total. The number of nitrogens with one attached hydrogen (secondary N) is 2. The summed E-state index contributed by atoms with van der Waals surface area (Å²) >= 11 is 0. The van der Waals surface area contributed by atoms with Crippen LogP contribution >= 0.6 is 0 Å². The van der Waals surface area contributed by atoms with Gasteiger partial charge in [-0.2, -0.15) is 13.2 Å². The third kappa shape index (κ3) is 5.89. The topological polar surface area (TPSA) is 53.6 Å². The first-order chi connectivity index (χ1) is 11.8. The average molecular weight is 359 g/mol. The molecule has 0 aliphatic carbocycles. The lowest BCUT2D eigenvalue weighted by Crippen LogP contribution is -2.58. The average Bonchev–Trinajstić information content (AvgIpc) is 2.56. The largest absolute Gasteiger partial charge is 0.481 e. The van der Waals surface area contributed by atoms with E-state index in [1.807, 2.05) is 19.1 Å². The minimum absolute atomic E-state index is 0.301. The molecule has 0 spiro atoms. The molecule has 140 valence electrons. The van der Waals surface area contributed by atoms with E-state index in [2.05, 4.69) is 10.6 Å². The first-order valence-electron chi connectivity index (χ1n) is 8.30. The van der Waals surface area contributed by atoms with Gasteiger partial charge in [-0.1, -0.05) is 17.7 Å². The number of nitrogens with zero attached hydrogens (tertiary/aromatic N) is 1. The number of hydrogen-bond donors (Lipinski definition) is 2. The third-order valence-electron chi connectivity index (χ3n) is 4.14. The Kier molecular flexibility index (Phi) is 6.66. The highest BCUT2D eigenvalue weighted by Gasteiger charge is 2.44. The van der Waals surface area contributed by atoms with Gasteiger partial charge in [0.25, 0.3) is 5.91 Å². The Morgan fingerprint density at radius 2 is 1.88 bits per heavy atom. The van der Waals surface area contributed by atoms with Gasteiger partial charge in [-0.05, 0) is 26.0 Å². The molecule has 1 aliphatic heterocycles. The Morgan fingerprint density at radius 3 is 2.44 bits per heavy atom. The highest BCUT2D eigenvalue weighted by Crippen LogP contribution is 2.24. The van der Waals surface area contributed by atoms with E-state index in [1.165, 1.54) is 11.8 Å². The summed E-state index contributed by atoms with van der Waals surface area (Å²) in [5.74, 6) is -0.0623. The number of alkyl halides is 3. The molecule has 0 saturated carbocycles. The number of rotatable bonds is 6. The fourth-order valence-corrected chi connectivity index (χ4v) is 2.66. The van der Waals surface area contributed by atoms with Gasteiger partial charge < -0.3 is 15.4 Å². The second-order valence-corrected chi connectivity index (χ2v) is 6.16. The zero-order chi connectivity index (χ0) is 18.4. The molecule has 8 heteroatoms. The number of amides is 1. The Morgan fingerprint density at radius 1 is 1.28 bits per heavy atom. The predicted molar refractivity (Wildman–Crippen MR) is 88.6 cm³/mol. The maximum absolute atomic E-state index is 13.3. The predicted octanol–water partition coefficient (Wildman–Crippen LogP) is 1.71. The lowest BCUT2D eigenvalue weighted by atomic mass is 10.2. The summed E-state index contributed by atoms with van der Waals surface area (Å²) in [4.78, 5) is 13.4. The van der Waals surface area contributed by atoms with E-state index in [-0.39, 0.29) is 0 Å². The van der Waals surface area contributed by atoms with Gasteiger partial charge >= 0.3 is 6.18 Å². The molecule has 0 aromatic heterocycles. The zero-order valence-corrected chi connectivity index (χ0v) is 14.4. The summed E-state index contributed by atoms with van der Waals surface area (Å²) in [7, 11) is 0. The highest BCUT2D eigenvalue weighted by molar-refractivity contribution is 5.80. The van der Waals surface area contributed by atoms with Crippen LogP contribution in [0.4, 0.5) is 13.2 Å². The summed E-state index contributed by atoms with van der Waals surface area (Å²) < 4.78 is 45.4. The smallest absolute Gasteiger partial charge is 0.405 e. The number of carbonyl (C=O) groups excluding carboxylic acids is 1. The van der Waals surface area contributed by atoms with Crippen LogP contribution in [0.25, 0.3) is 0 Å². The second-order valence-electron chi connectivity index (χ2n) is 6.16. The van der Waals surface area contributed by atoms with Crippen LogP contribution in [0.2, 0.25) is 0 Å². The van der Waals surface area contributed by atoms with Crippen molar-refractivity contribution in [2.75, 3.05) is 32.7 Å². The number of aryl methyl sites for hydroxylation is 1. The van der Waals surface area contributed by atoms with Crippen molar-refractivity contribution in [2.24, 2.45) is 0 Å². The van der Waals surface area contributed by atoms with Crippen molar-refractivity contribution >= 4 is 5.91 Å². The minimum atomic E-state index is -4.40. The van der Waals surface area contributed by atoms with Crippen molar-refractivity contribution in [3.8, 4) is 5.75 Å². The molecule has 2 rings (SSSR count). The molecule has 0 radical (unpaired) electrons. The van der Waals surface area contributed by atoms with Crippen LogP contribution in [0, 0.1) is 6.92 Å². The number of benzene rings is 1. The fraction of sp³-hybridized carbons (Fsp3) is 0.588. The van der Waals surface area contributed by atoms with E-state index in [0.717, 1.165) is 5.56 Å². The van der Waals surface area contributed by atoms with Crippen molar-refractivity contribution in [3.63, 3.8) is 0 Å². The van der Waals surface area contributed by atoms with Crippen molar-refractivity contribution in [2.45, 2.75) is 32.2 Å². The van der Waals surface area contributed by atoms with Crippen LogP contribution in [0.1, 0.15) is 12.5 Å². The SMILES string of the molecule is Cc1ccc(OC(C)C(=O)NCC(N2CCNCC2)C(F)(F)F)cc1. The number of ether oxygens (including phenoxy) is 1. The monoisotopic (exact) mass is 359 g/mol. The van der Waals surface area contributed by atoms with Crippen LogP contribution in [0.15, 0.2) is 24.3 Å². The molecule has 1 aromatic rings. The minimum Gasteiger partial charge on any atom is -0.481 e. The third-order valence-corrected chi connectivity index (χ3v) is 4.14. The number of carbonyl (C=O) groups is 1. The molecule has 1 amide bonds. The maximum atomic E-state index is 13.3. The normalized spacial score (nSPS) is 18.4. The van der Waals surface area contributed by atoms with Gasteiger partial charge in [-0.15, -0.1) is 0 Å². The van der Waals surface area contributed by atoms with Crippen LogP contribution in [0.3, 0.4) is 0 Å². The fourth-order valence-electron chi connectivity index (χ4n) is 2.66. The summed E-state index contributed by atoms with van der Waals surface area (Å²) in [6.07, 6.45) is -5.27. The van der Waals surface area contributed by atoms with E-state index < -0.39 is 30.8 Å². The second kappa shape index (κ2) is 8.53. The first kappa shape index (κ1) is 19.5. The van der Waals surface area contributed by atoms with Crippen molar-refractivity contribution < 1.29 is 22.7 Å². The molecule has 1 saturated heterocycles. The molecular weight excluding hydrogens is 335 g/mol. The van der Waals surface area contributed by atoms with Crippen LogP contribution < -0.4 is 15.4 Å². The van der Waals surface area contributed by atoms with E-state index in [4.69, 9.17) is 4.74 Å². The molecule has 1 aromatic carbocycles. The van der Waals surface area contributed by atoms with Gasteiger partial charge in [0.1, 0.15) is 11.8 Å². The zero-order valence-electron chi connectivity index (χ0n) is 14.4. The van der Waals surface area contributed by atoms with Crippen molar-refractivity contribution in [1.29, 1.82) is 0 Å². The standard InChI is InChI=1S/C17H24F3N3O2/c1-12-3-5-14(6-4-12)25-13(2)16(24)22-11-15(17(18,19)20)23-9-7-21-8-10-23/h3-6,13,15,21H,7-11H2,1-2H3,(H,22,24). The van der Waals surface area contributed by atoms with Gasteiger partial charge in [-0.25, -0.2) is 0 Å². The van der Waals surface area contributed by atoms with Crippen LogP contribution in [0.5, 0.6) is 5.75 Å². The van der Waals surface area contributed by atoms with E-state index in [1.54, 1.807) is 12.1 Å². The van der Waals surface area contributed by atoms with Gasteiger partial charge in [0.2, 0.25) is 0 Å². The summed E-state index contributed by atoms with van der Waals surface area (Å²) in [6.45, 7) is 4.58. The van der Waals surface area contributed by atoms with Gasteiger partial charge in [0, 0.05) is 32.7 Å². The molecular formula is C17H24F3N3O2.